The number of anilines is 1. The van der Waals surface area contributed by atoms with Crippen molar-refractivity contribution < 1.29 is 19.4 Å². The molecule has 0 amide bonds. The van der Waals surface area contributed by atoms with Gasteiger partial charge >= 0.3 is 11.9 Å². The zero-order chi connectivity index (χ0) is 14.8. The van der Waals surface area contributed by atoms with Crippen molar-refractivity contribution in [3.63, 3.8) is 0 Å². The number of rotatable bonds is 5. The first kappa shape index (κ1) is 14.4. The SMILES string of the molecule is COC(=O)CN(C)c1ccc(C2(C(=O)O)CCC2)cc1. The number of esters is 1. The zero-order valence-corrected chi connectivity index (χ0v) is 11.8. The van der Waals surface area contributed by atoms with Crippen LogP contribution in [-0.4, -0.2) is 37.7 Å². The second-order valence-corrected chi connectivity index (χ2v) is 5.22. The Hall–Kier alpha value is -2.04. The van der Waals surface area contributed by atoms with Gasteiger partial charge in [-0.25, -0.2) is 0 Å². The summed E-state index contributed by atoms with van der Waals surface area (Å²) < 4.78 is 4.62. The highest BCUT2D eigenvalue weighted by Crippen LogP contribution is 2.44. The monoisotopic (exact) mass is 277 g/mol. The van der Waals surface area contributed by atoms with Crippen LogP contribution < -0.4 is 4.90 Å². The lowest BCUT2D eigenvalue weighted by Gasteiger charge is -2.38. The van der Waals surface area contributed by atoms with Gasteiger partial charge in [0.05, 0.1) is 12.5 Å². The van der Waals surface area contributed by atoms with Gasteiger partial charge in [-0.3, -0.25) is 9.59 Å². The number of ether oxygens (including phenoxy) is 1. The molecule has 0 unspecified atom stereocenters. The molecular weight excluding hydrogens is 258 g/mol. The first-order chi connectivity index (χ1) is 9.49. The van der Waals surface area contributed by atoms with Gasteiger partial charge in [0.1, 0.15) is 6.54 Å². The fraction of sp³-hybridized carbons (Fsp3) is 0.467. The van der Waals surface area contributed by atoms with Gasteiger partial charge in [0, 0.05) is 12.7 Å². The molecule has 1 aliphatic rings. The number of likely N-dealkylation sites (N-methyl/N-ethyl adjacent to an activating group) is 1. The van der Waals surface area contributed by atoms with E-state index in [4.69, 9.17) is 0 Å². The van der Waals surface area contributed by atoms with E-state index in [1.807, 2.05) is 24.3 Å². The third-order valence-electron chi connectivity index (χ3n) is 4.07. The molecule has 0 radical (unpaired) electrons. The molecule has 2 rings (SSSR count). The first-order valence-corrected chi connectivity index (χ1v) is 6.61. The molecule has 20 heavy (non-hydrogen) atoms. The predicted molar refractivity (Wildman–Crippen MR) is 74.9 cm³/mol. The summed E-state index contributed by atoms with van der Waals surface area (Å²) in [6, 6.07) is 7.38. The molecule has 1 N–H and O–H groups in total. The molecule has 1 fully saturated rings. The minimum absolute atomic E-state index is 0.167. The standard InChI is InChI=1S/C15H19NO4/c1-16(10-13(17)20-2)12-6-4-11(5-7-12)15(14(18)19)8-3-9-15/h4-7H,3,8-10H2,1-2H3,(H,18,19). The Bertz CT molecular complexity index is 505. The lowest BCUT2D eigenvalue weighted by atomic mass is 9.64. The molecule has 108 valence electrons. The van der Waals surface area contributed by atoms with E-state index < -0.39 is 11.4 Å². The molecule has 0 bridgehead atoms. The zero-order valence-electron chi connectivity index (χ0n) is 11.8. The van der Waals surface area contributed by atoms with Gasteiger partial charge in [0.15, 0.2) is 0 Å². The van der Waals surface area contributed by atoms with Crippen molar-refractivity contribution in [1.82, 2.24) is 0 Å². The number of carboxylic acid groups (broad SMARTS) is 1. The molecule has 0 aliphatic heterocycles. The van der Waals surface area contributed by atoms with Crippen molar-refractivity contribution in [2.24, 2.45) is 0 Å². The third-order valence-corrected chi connectivity index (χ3v) is 4.07. The van der Waals surface area contributed by atoms with E-state index in [-0.39, 0.29) is 12.5 Å². The Morgan fingerprint density at radius 3 is 2.30 bits per heavy atom. The van der Waals surface area contributed by atoms with Gasteiger partial charge < -0.3 is 14.7 Å². The fourth-order valence-electron chi connectivity index (χ4n) is 2.54. The normalized spacial score (nSPS) is 16.1. The van der Waals surface area contributed by atoms with Gasteiger partial charge in [-0.1, -0.05) is 18.6 Å². The number of carboxylic acids is 1. The van der Waals surface area contributed by atoms with Crippen LogP contribution in [-0.2, 0) is 19.7 Å². The average Bonchev–Trinajstić information content (AvgIpc) is 2.37. The Morgan fingerprint density at radius 1 is 1.30 bits per heavy atom. The summed E-state index contributed by atoms with van der Waals surface area (Å²) in [6.07, 6.45) is 2.34. The molecule has 5 nitrogen and oxygen atoms in total. The lowest BCUT2D eigenvalue weighted by molar-refractivity contribution is -0.147. The largest absolute Gasteiger partial charge is 0.481 e. The summed E-state index contributed by atoms with van der Waals surface area (Å²) in [7, 11) is 3.15. The second-order valence-electron chi connectivity index (χ2n) is 5.22. The highest BCUT2D eigenvalue weighted by atomic mass is 16.5. The van der Waals surface area contributed by atoms with E-state index in [0.717, 1.165) is 17.7 Å². The maximum atomic E-state index is 11.4. The van der Waals surface area contributed by atoms with Gasteiger partial charge in [-0.05, 0) is 30.5 Å². The number of nitrogens with zero attached hydrogens (tertiary/aromatic N) is 1. The minimum atomic E-state index is -0.751. The molecular formula is C15H19NO4. The van der Waals surface area contributed by atoms with Crippen LogP contribution in [0.3, 0.4) is 0 Å². The Labute approximate surface area is 118 Å². The van der Waals surface area contributed by atoms with Crippen molar-refractivity contribution in [3.05, 3.63) is 29.8 Å². The molecule has 0 aromatic heterocycles. The highest BCUT2D eigenvalue weighted by molar-refractivity contribution is 5.83. The van der Waals surface area contributed by atoms with Crippen LogP contribution in [0.2, 0.25) is 0 Å². The number of benzene rings is 1. The smallest absolute Gasteiger partial charge is 0.325 e. The summed E-state index contributed by atoms with van der Waals surface area (Å²) in [6.45, 7) is 0.167. The van der Waals surface area contributed by atoms with Crippen molar-refractivity contribution in [2.45, 2.75) is 24.7 Å². The van der Waals surface area contributed by atoms with Gasteiger partial charge in [-0.15, -0.1) is 0 Å². The molecule has 0 heterocycles. The molecule has 5 heteroatoms. The van der Waals surface area contributed by atoms with Crippen LogP contribution in [0.25, 0.3) is 0 Å². The molecule has 1 saturated carbocycles. The maximum absolute atomic E-state index is 11.4. The predicted octanol–water partition coefficient (Wildman–Crippen LogP) is 1.80. The van der Waals surface area contributed by atoms with E-state index >= 15 is 0 Å². The van der Waals surface area contributed by atoms with E-state index in [1.54, 1.807) is 11.9 Å². The molecule has 1 aromatic carbocycles. The first-order valence-electron chi connectivity index (χ1n) is 6.61. The van der Waals surface area contributed by atoms with Crippen LogP contribution in [0.5, 0.6) is 0 Å². The van der Waals surface area contributed by atoms with Gasteiger partial charge in [0.25, 0.3) is 0 Å². The third kappa shape index (κ3) is 2.48. The van der Waals surface area contributed by atoms with Crippen LogP contribution >= 0.6 is 0 Å². The van der Waals surface area contributed by atoms with Gasteiger partial charge in [0.2, 0.25) is 0 Å². The van der Waals surface area contributed by atoms with Crippen LogP contribution in [0, 0.1) is 0 Å². The summed E-state index contributed by atoms with van der Waals surface area (Å²) in [5, 5.41) is 9.39. The number of methoxy groups -OCH3 is 1. The Balaban J connectivity index is 2.14. The quantitative estimate of drug-likeness (QED) is 0.831. The van der Waals surface area contributed by atoms with Crippen LogP contribution in [0.1, 0.15) is 24.8 Å². The summed E-state index contributed by atoms with van der Waals surface area (Å²) in [4.78, 5) is 24.4. The van der Waals surface area contributed by atoms with E-state index in [2.05, 4.69) is 4.74 Å². The highest BCUT2D eigenvalue weighted by Gasteiger charge is 2.45. The van der Waals surface area contributed by atoms with E-state index in [1.165, 1.54) is 7.11 Å². The lowest BCUT2D eigenvalue weighted by Crippen LogP contribution is -2.42. The maximum Gasteiger partial charge on any atom is 0.325 e. The van der Waals surface area contributed by atoms with E-state index in [9.17, 15) is 14.7 Å². The number of hydrogen-bond donors (Lipinski definition) is 1. The Kier molecular flexibility index (Phi) is 3.97. The second kappa shape index (κ2) is 5.53. The Morgan fingerprint density at radius 2 is 1.90 bits per heavy atom. The van der Waals surface area contributed by atoms with Crippen molar-refractivity contribution in [2.75, 3.05) is 25.6 Å². The van der Waals surface area contributed by atoms with Gasteiger partial charge in [-0.2, -0.15) is 0 Å². The van der Waals surface area contributed by atoms with E-state index in [0.29, 0.717) is 12.8 Å². The van der Waals surface area contributed by atoms with Crippen molar-refractivity contribution in [1.29, 1.82) is 0 Å². The number of aliphatic carboxylic acids is 1. The number of carbonyl (C=O) groups is 2. The molecule has 1 aromatic rings. The number of carbonyl (C=O) groups excluding carboxylic acids is 1. The minimum Gasteiger partial charge on any atom is -0.481 e. The molecule has 0 saturated heterocycles. The van der Waals surface area contributed by atoms with Crippen molar-refractivity contribution >= 4 is 17.6 Å². The van der Waals surface area contributed by atoms with Crippen molar-refractivity contribution in [3.8, 4) is 0 Å². The molecule has 0 atom stereocenters. The molecule has 0 spiro atoms. The molecule has 1 aliphatic carbocycles. The summed E-state index contributed by atoms with van der Waals surface area (Å²) >= 11 is 0. The summed E-state index contributed by atoms with van der Waals surface area (Å²) in [5.41, 5.74) is 0.991. The summed E-state index contributed by atoms with van der Waals surface area (Å²) in [5.74, 6) is -1.06. The average molecular weight is 277 g/mol. The fourth-order valence-corrected chi connectivity index (χ4v) is 2.54. The topological polar surface area (TPSA) is 66.8 Å². The van der Waals surface area contributed by atoms with Crippen LogP contribution in [0.4, 0.5) is 5.69 Å². The van der Waals surface area contributed by atoms with Crippen LogP contribution in [0.15, 0.2) is 24.3 Å². The number of hydrogen-bond acceptors (Lipinski definition) is 4.